The van der Waals surface area contributed by atoms with E-state index in [1.165, 1.54) is 42.5 Å². The molecule has 0 bridgehead atoms. The SMILES string of the molecule is NCc1ccc(NC(=O)c2c(F)cccc2Cl)cc1NS(=O)(=O)Cc1cc(Cl)cc(Cl)c1. The summed E-state index contributed by atoms with van der Waals surface area (Å²) in [4.78, 5) is 12.5. The summed E-state index contributed by atoms with van der Waals surface area (Å²) in [5.74, 6) is -1.95. The second-order valence-electron chi connectivity index (χ2n) is 6.77. The monoisotopic (exact) mass is 515 g/mol. The van der Waals surface area contributed by atoms with Gasteiger partial charge in [-0.05, 0) is 53.6 Å². The first-order valence-electron chi connectivity index (χ1n) is 9.12. The van der Waals surface area contributed by atoms with Crippen molar-refractivity contribution in [3.05, 3.63) is 92.2 Å². The lowest BCUT2D eigenvalue weighted by atomic mass is 10.1. The van der Waals surface area contributed by atoms with Crippen LogP contribution in [0.5, 0.6) is 0 Å². The predicted octanol–water partition coefficient (Wildman–Crippen LogP) is 5.44. The Morgan fingerprint density at radius 1 is 1.00 bits per heavy atom. The van der Waals surface area contributed by atoms with Crippen molar-refractivity contribution in [3.8, 4) is 0 Å². The zero-order chi connectivity index (χ0) is 23.5. The molecule has 0 unspecified atom stereocenters. The van der Waals surface area contributed by atoms with Gasteiger partial charge < -0.3 is 11.1 Å². The number of amides is 1. The van der Waals surface area contributed by atoms with Gasteiger partial charge >= 0.3 is 0 Å². The van der Waals surface area contributed by atoms with Crippen molar-refractivity contribution in [1.82, 2.24) is 0 Å². The molecule has 0 saturated heterocycles. The van der Waals surface area contributed by atoms with Crippen LogP contribution in [0.2, 0.25) is 15.1 Å². The number of halogens is 4. The first kappa shape index (κ1) is 24.3. The van der Waals surface area contributed by atoms with E-state index in [9.17, 15) is 17.6 Å². The van der Waals surface area contributed by atoms with Crippen molar-refractivity contribution in [2.75, 3.05) is 10.0 Å². The zero-order valence-corrected chi connectivity index (χ0v) is 19.4. The third kappa shape index (κ3) is 6.11. The van der Waals surface area contributed by atoms with Crippen molar-refractivity contribution >= 4 is 62.1 Å². The maximum atomic E-state index is 14.0. The smallest absolute Gasteiger partial charge is 0.260 e. The molecule has 3 rings (SSSR count). The Kier molecular flexibility index (Phi) is 7.63. The number of hydrogen-bond donors (Lipinski definition) is 3. The summed E-state index contributed by atoms with van der Waals surface area (Å²) in [6, 6.07) is 12.8. The zero-order valence-electron chi connectivity index (χ0n) is 16.3. The molecule has 3 aromatic carbocycles. The van der Waals surface area contributed by atoms with Gasteiger partial charge in [0.1, 0.15) is 5.82 Å². The standard InChI is InChI=1S/C21H17Cl3FN3O3S/c22-14-6-12(7-15(23)8-14)11-32(30,31)28-19-9-16(5-4-13(19)10-26)27-21(29)20-17(24)2-1-3-18(20)25/h1-9,28H,10-11,26H2,(H,27,29). The van der Waals surface area contributed by atoms with E-state index >= 15 is 0 Å². The molecule has 1 amide bonds. The minimum Gasteiger partial charge on any atom is -0.326 e. The highest BCUT2D eigenvalue weighted by atomic mass is 35.5. The van der Waals surface area contributed by atoms with Gasteiger partial charge in [0.15, 0.2) is 0 Å². The number of carbonyl (C=O) groups is 1. The van der Waals surface area contributed by atoms with Crippen LogP contribution in [0.25, 0.3) is 0 Å². The molecule has 0 aliphatic carbocycles. The topological polar surface area (TPSA) is 101 Å². The summed E-state index contributed by atoms with van der Waals surface area (Å²) in [6.07, 6.45) is 0. The van der Waals surface area contributed by atoms with E-state index < -0.39 is 27.5 Å². The van der Waals surface area contributed by atoms with Gasteiger partial charge in [-0.1, -0.05) is 46.9 Å². The molecule has 0 aliphatic heterocycles. The Morgan fingerprint density at radius 3 is 2.31 bits per heavy atom. The minimum atomic E-state index is -3.88. The molecule has 0 fully saturated rings. The lowest BCUT2D eigenvalue weighted by Gasteiger charge is -2.15. The summed E-state index contributed by atoms with van der Waals surface area (Å²) in [5.41, 5.74) is 6.66. The van der Waals surface area contributed by atoms with Crippen molar-refractivity contribution in [3.63, 3.8) is 0 Å². The molecule has 11 heteroatoms. The molecule has 0 saturated carbocycles. The van der Waals surface area contributed by atoms with E-state index in [2.05, 4.69) is 10.0 Å². The van der Waals surface area contributed by atoms with Crippen LogP contribution in [0, 0.1) is 5.82 Å². The Labute approximate surface area is 199 Å². The fourth-order valence-corrected chi connectivity index (χ4v) is 4.98. The van der Waals surface area contributed by atoms with Gasteiger partial charge in [-0.15, -0.1) is 0 Å². The van der Waals surface area contributed by atoms with E-state index in [1.54, 1.807) is 6.07 Å². The van der Waals surface area contributed by atoms with Crippen LogP contribution >= 0.6 is 34.8 Å². The van der Waals surface area contributed by atoms with Gasteiger partial charge in [-0.25, -0.2) is 12.8 Å². The number of nitrogens with two attached hydrogens (primary N) is 1. The summed E-state index contributed by atoms with van der Waals surface area (Å²) >= 11 is 17.8. The number of sulfonamides is 1. The number of carbonyl (C=O) groups excluding carboxylic acids is 1. The normalized spacial score (nSPS) is 11.3. The van der Waals surface area contributed by atoms with Crippen molar-refractivity contribution in [2.24, 2.45) is 5.73 Å². The molecule has 0 heterocycles. The van der Waals surface area contributed by atoms with Crippen LogP contribution < -0.4 is 15.8 Å². The highest BCUT2D eigenvalue weighted by molar-refractivity contribution is 7.91. The number of hydrogen-bond acceptors (Lipinski definition) is 4. The Hall–Kier alpha value is -2.36. The third-order valence-corrected chi connectivity index (χ3v) is 6.32. The molecule has 0 radical (unpaired) electrons. The molecule has 4 N–H and O–H groups in total. The molecule has 32 heavy (non-hydrogen) atoms. The van der Waals surface area contributed by atoms with E-state index in [0.717, 1.165) is 6.07 Å². The number of nitrogens with one attached hydrogen (secondary N) is 2. The molecule has 3 aromatic rings. The van der Waals surface area contributed by atoms with Crippen LogP contribution in [-0.2, 0) is 22.3 Å². The van der Waals surface area contributed by atoms with Crippen molar-refractivity contribution in [2.45, 2.75) is 12.3 Å². The second kappa shape index (κ2) is 10.1. The van der Waals surface area contributed by atoms with Gasteiger partial charge in [0, 0.05) is 22.3 Å². The van der Waals surface area contributed by atoms with Crippen LogP contribution in [0.4, 0.5) is 15.8 Å². The maximum absolute atomic E-state index is 14.0. The number of anilines is 2. The van der Waals surface area contributed by atoms with Crippen molar-refractivity contribution < 1.29 is 17.6 Å². The largest absolute Gasteiger partial charge is 0.326 e. The second-order valence-corrected chi connectivity index (χ2v) is 9.77. The van der Waals surface area contributed by atoms with Crippen molar-refractivity contribution in [1.29, 1.82) is 0 Å². The molecule has 6 nitrogen and oxygen atoms in total. The summed E-state index contributed by atoms with van der Waals surface area (Å²) in [7, 11) is -3.88. The summed E-state index contributed by atoms with van der Waals surface area (Å²) in [6.45, 7) is 0.0359. The van der Waals surface area contributed by atoms with Crippen LogP contribution in [0.1, 0.15) is 21.5 Å². The Morgan fingerprint density at radius 2 is 1.69 bits per heavy atom. The fourth-order valence-electron chi connectivity index (χ4n) is 2.95. The molecule has 0 spiro atoms. The van der Waals surface area contributed by atoms with Crippen LogP contribution in [0.3, 0.4) is 0 Å². The lowest BCUT2D eigenvalue weighted by Crippen LogP contribution is -2.18. The summed E-state index contributed by atoms with van der Waals surface area (Å²) in [5, 5.41) is 3.07. The van der Waals surface area contributed by atoms with Gasteiger partial charge in [-0.2, -0.15) is 0 Å². The first-order valence-corrected chi connectivity index (χ1v) is 11.9. The van der Waals surface area contributed by atoms with Gasteiger partial charge in [0.25, 0.3) is 5.91 Å². The minimum absolute atomic E-state index is 0.0359. The van der Waals surface area contributed by atoms with E-state index in [4.69, 9.17) is 40.5 Å². The van der Waals surface area contributed by atoms with E-state index in [1.807, 2.05) is 0 Å². The van der Waals surface area contributed by atoms with Gasteiger partial charge in [-0.3, -0.25) is 9.52 Å². The fraction of sp³-hybridized carbons (Fsp3) is 0.0952. The maximum Gasteiger partial charge on any atom is 0.260 e. The average Bonchev–Trinajstić information content (AvgIpc) is 2.66. The molecule has 0 aromatic heterocycles. The quantitative estimate of drug-likeness (QED) is 0.389. The predicted molar refractivity (Wildman–Crippen MR) is 126 cm³/mol. The van der Waals surface area contributed by atoms with E-state index in [0.29, 0.717) is 21.2 Å². The molecule has 0 atom stereocenters. The third-order valence-electron chi connectivity index (χ3n) is 4.32. The van der Waals surface area contributed by atoms with Gasteiger partial charge in [0.2, 0.25) is 10.0 Å². The van der Waals surface area contributed by atoms with Crippen LogP contribution in [0.15, 0.2) is 54.6 Å². The highest BCUT2D eigenvalue weighted by Crippen LogP contribution is 2.26. The number of benzene rings is 3. The first-order chi connectivity index (χ1) is 15.1. The average molecular weight is 517 g/mol. The molecule has 0 aliphatic rings. The summed E-state index contributed by atoms with van der Waals surface area (Å²) < 4.78 is 41.9. The molecular weight excluding hydrogens is 500 g/mol. The Bertz CT molecular complexity index is 1250. The lowest BCUT2D eigenvalue weighted by molar-refractivity contribution is 0.102. The molecule has 168 valence electrons. The number of rotatable bonds is 7. The Balaban J connectivity index is 1.85. The van der Waals surface area contributed by atoms with Gasteiger partial charge in [0.05, 0.1) is 22.0 Å². The van der Waals surface area contributed by atoms with Crippen LogP contribution in [-0.4, -0.2) is 14.3 Å². The highest BCUT2D eigenvalue weighted by Gasteiger charge is 2.18. The molecular formula is C21H17Cl3FN3O3S. The van der Waals surface area contributed by atoms with E-state index in [-0.39, 0.29) is 28.5 Å².